The maximum atomic E-state index is 6.03. The first-order valence-corrected chi connectivity index (χ1v) is 8.29. The number of rotatable bonds is 4. The molecule has 3 aromatic heterocycles. The molecular weight excluding hydrogens is 330 g/mol. The molecule has 1 aromatic carbocycles. The highest BCUT2D eigenvalue weighted by Gasteiger charge is 2.12. The molecule has 132 valence electrons. The summed E-state index contributed by atoms with van der Waals surface area (Å²) in [7, 11) is 0. The van der Waals surface area contributed by atoms with E-state index >= 15 is 0 Å². The third-order valence-electron chi connectivity index (χ3n) is 4.35. The van der Waals surface area contributed by atoms with Crippen molar-refractivity contribution in [1.29, 1.82) is 0 Å². The van der Waals surface area contributed by atoms with Crippen LogP contribution in [0.3, 0.4) is 0 Å². The molecular formula is C19H19N5O2. The van der Waals surface area contributed by atoms with Crippen LogP contribution in [0.5, 0.6) is 5.75 Å². The number of aromatic nitrogens is 4. The molecule has 2 N–H and O–H groups in total. The van der Waals surface area contributed by atoms with Crippen LogP contribution in [-0.2, 0) is 6.61 Å². The van der Waals surface area contributed by atoms with Crippen molar-refractivity contribution in [3.05, 3.63) is 59.1 Å². The third kappa shape index (κ3) is 2.77. The van der Waals surface area contributed by atoms with Gasteiger partial charge in [-0.15, -0.1) is 10.2 Å². The van der Waals surface area contributed by atoms with Gasteiger partial charge in [-0.1, -0.05) is 5.16 Å². The Morgan fingerprint density at radius 3 is 2.58 bits per heavy atom. The summed E-state index contributed by atoms with van der Waals surface area (Å²) in [6.07, 6.45) is 1.98. The summed E-state index contributed by atoms with van der Waals surface area (Å²) >= 11 is 0. The van der Waals surface area contributed by atoms with Gasteiger partial charge in [-0.2, -0.15) is 0 Å². The summed E-state index contributed by atoms with van der Waals surface area (Å²) in [5.41, 5.74) is 11.1. The molecule has 0 aliphatic rings. The first-order chi connectivity index (χ1) is 12.5. The van der Waals surface area contributed by atoms with Gasteiger partial charge in [0.1, 0.15) is 18.1 Å². The van der Waals surface area contributed by atoms with Gasteiger partial charge in [-0.25, -0.2) is 0 Å². The quantitative estimate of drug-likeness (QED) is 0.606. The maximum absolute atomic E-state index is 6.03. The molecule has 0 amide bonds. The fourth-order valence-corrected chi connectivity index (χ4v) is 2.92. The van der Waals surface area contributed by atoms with E-state index in [0.717, 1.165) is 39.7 Å². The first-order valence-electron chi connectivity index (χ1n) is 8.29. The van der Waals surface area contributed by atoms with E-state index in [0.29, 0.717) is 17.9 Å². The van der Waals surface area contributed by atoms with Gasteiger partial charge >= 0.3 is 0 Å². The predicted octanol–water partition coefficient (Wildman–Crippen LogP) is 3.47. The Morgan fingerprint density at radius 2 is 1.88 bits per heavy atom. The van der Waals surface area contributed by atoms with Crippen molar-refractivity contribution in [2.75, 3.05) is 5.73 Å². The summed E-state index contributed by atoms with van der Waals surface area (Å²) in [4.78, 5) is 0. The zero-order valence-corrected chi connectivity index (χ0v) is 14.9. The zero-order valence-electron chi connectivity index (χ0n) is 14.9. The van der Waals surface area contributed by atoms with Crippen LogP contribution in [0.1, 0.15) is 22.6 Å². The fourth-order valence-electron chi connectivity index (χ4n) is 2.92. The summed E-state index contributed by atoms with van der Waals surface area (Å²) < 4.78 is 12.9. The largest absolute Gasteiger partial charge is 0.489 e. The minimum Gasteiger partial charge on any atom is -0.489 e. The molecule has 3 heterocycles. The van der Waals surface area contributed by atoms with Crippen molar-refractivity contribution in [3.8, 4) is 17.1 Å². The van der Waals surface area contributed by atoms with Crippen molar-refractivity contribution in [1.82, 2.24) is 19.8 Å². The van der Waals surface area contributed by atoms with Gasteiger partial charge in [0.2, 0.25) is 0 Å². The second-order valence-electron chi connectivity index (χ2n) is 6.31. The average molecular weight is 349 g/mol. The molecule has 0 fully saturated rings. The van der Waals surface area contributed by atoms with E-state index in [9.17, 15) is 0 Å². The number of benzene rings is 1. The molecule has 0 aliphatic carbocycles. The maximum Gasteiger partial charge on any atom is 0.184 e. The summed E-state index contributed by atoms with van der Waals surface area (Å²) in [6, 6.07) is 9.62. The van der Waals surface area contributed by atoms with E-state index in [-0.39, 0.29) is 0 Å². The Morgan fingerprint density at radius 1 is 1.12 bits per heavy atom. The third-order valence-corrected chi connectivity index (χ3v) is 4.35. The van der Waals surface area contributed by atoms with E-state index in [2.05, 4.69) is 15.4 Å². The molecule has 7 heteroatoms. The first kappa shape index (κ1) is 16.1. The number of hydrogen-bond donors (Lipinski definition) is 1. The predicted molar refractivity (Wildman–Crippen MR) is 97.9 cm³/mol. The molecule has 0 saturated carbocycles. The van der Waals surface area contributed by atoms with Crippen LogP contribution in [0.25, 0.3) is 17.0 Å². The minimum absolute atomic E-state index is 0.421. The highest BCUT2D eigenvalue weighted by molar-refractivity contribution is 5.70. The smallest absolute Gasteiger partial charge is 0.184 e. The molecule has 0 unspecified atom stereocenters. The Labute approximate surface area is 150 Å². The molecule has 4 rings (SSSR count). The van der Waals surface area contributed by atoms with Crippen LogP contribution in [0.15, 0.2) is 41.1 Å². The van der Waals surface area contributed by atoms with Gasteiger partial charge < -0.3 is 15.0 Å². The van der Waals surface area contributed by atoms with Gasteiger partial charge in [0.15, 0.2) is 11.5 Å². The number of aryl methyl sites for hydroxylation is 3. The van der Waals surface area contributed by atoms with E-state index in [1.165, 1.54) is 0 Å². The van der Waals surface area contributed by atoms with Crippen molar-refractivity contribution >= 4 is 11.3 Å². The lowest BCUT2D eigenvalue weighted by atomic mass is 10.2. The molecule has 0 saturated heterocycles. The highest BCUT2D eigenvalue weighted by atomic mass is 16.5. The summed E-state index contributed by atoms with van der Waals surface area (Å²) in [5, 5.41) is 12.4. The van der Waals surface area contributed by atoms with E-state index in [1.54, 1.807) is 0 Å². The SMILES string of the molecule is Cc1cc(N)c2nnc(-c3ccc(OCc4c(C)noc4C)cc3)n2c1. The number of nitrogen functional groups attached to an aromatic ring is 1. The van der Waals surface area contributed by atoms with Crippen LogP contribution < -0.4 is 10.5 Å². The van der Waals surface area contributed by atoms with Gasteiger partial charge in [0.25, 0.3) is 0 Å². The zero-order chi connectivity index (χ0) is 18.3. The number of pyridine rings is 1. The molecule has 0 bridgehead atoms. The number of fused-ring (bicyclic) bond motifs is 1. The number of nitrogens with zero attached hydrogens (tertiary/aromatic N) is 4. The van der Waals surface area contributed by atoms with Gasteiger partial charge in [-0.3, -0.25) is 4.40 Å². The number of hydrogen-bond acceptors (Lipinski definition) is 6. The highest BCUT2D eigenvalue weighted by Crippen LogP contribution is 2.25. The number of ether oxygens (including phenoxy) is 1. The van der Waals surface area contributed by atoms with Crippen LogP contribution >= 0.6 is 0 Å². The molecule has 0 spiro atoms. The molecule has 7 nitrogen and oxygen atoms in total. The van der Waals surface area contributed by atoms with Gasteiger partial charge in [0, 0.05) is 11.8 Å². The standard InChI is InChI=1S/C19H19N5O2/c1-11-8-17(20)19-22-21-18(24(19)9-11)14-4-6-15(7-5-14)25-10-16-12(2)23-26-13(16)3/h4-9H,10,20H2,1-3H3. The van der Waals surface area contributed by atoms with Crippen molar-refractivity contribution in [3.63, 3.8) is 0 Å². The number of anilines is 1. The minimum atomic E-state index is 0.421. The van der Waals surface area contributed by atoms with E-state index in [1.807, 2.05) is 61.7 Å². The lowest BCUT2D eigenvalue weighted by molar-refractivity contribution is 0.302. The van der Waals surface area contributed by atoms with Crippen LogP contribution in [-0.4, -0.2) is 19.8 Å². The van der Waals surface area contributed by atoms with Crippen LogP contribution in [0, 0.1) is 20.8 Å². The number of nitrogens with two attached hydrogens (primary N) is 1. The Bertz CT molecular complexity index is 1060. The Kier molecular flexibility index (Phi) is 3.84. The lowest BCUT2D eigenvalue weighted by Gasteiger charge is -2.07. The fraction of sp³-hybridized carbons (Fsp3) is 0.211. The van der Waals surface area contributed by atoms with Crippen LogP contribution in [0.2, 0.25) is 0 Å². The van der Waals surface area contributed by atoms with E-state index in [4.69, 9.17) is 15.0 Å². The molecule has 0 aliphatic heterocycles. The molecule has 0 radical (unpaired) electrons. The molecule has 0 atom stereocenters. The van der Waals surface area contributed by atoms with Gasteiger partial charge in [0.05, 0.1) is 16.9 Å². The lowest BCUT2D eigenvalue weighted by Crippen LogP contribution is -1.98. The summed E-state index contributed by atoms with van der Waals surface area (Å²) in [6.45, 7) is 6.20. The molecule has 4 aromatic rings. The summed E-state index contributed by atoms with van der Waals surface area (Å²) in [5.74, 6) is 2.29. The second kappa shape index (κ2) is 6.18. The topological polar surface area (TPSA) is 91.5 Å². The Balaban J connectivity index is 1.58. The van der Waals surface area contributed by atoms with E-state index < -0.39 is 0 Å². The Hall–Kier alpha value is -3.35. The average Bonchev–Trinajstić information content (AvgIpc) is 3.18. The van der Waals surface area contributed by atoms with Gasteiger partial charge in [-0.05, 0) is 56.7 Å². The second-order valence-corrected chi connectivity index (χ2v) is 6.31. The monoisotopic (exact) mass is 349 g/mol. The molecule has 26 heavy (non-hydrogen) atoms. The van der Waals surface area contributed by atoms with Crippen LogP contribution in [0.4, 0.5) is 5.69 Å². The van der Waals surface area contributed by atoms with Crippen molar-refractivity contribution < 1.29 is 9.26 Å². The van der Waals surface area contributed by atoms with Crippen molar-refractivity contribution in [2.24, 2.45) is 0 Å². The van der Waals surface area contributed by atoms with Crippen molar-refractivity contribution in [2.45, 2.75) is 27.4 Å². The normalized spacial score (nSPS) is 11.2.